The Bertz CT molecular complexity index is 716. The molecule has 0 aromatic heterocycles. The molecule has 0 aliphatic rings. The highest BCUT2D eigenvalue weighted by molar-refractivity contribution is 5.95. The summed E-state index contributed by atoms with van der Waals surface area (Å²) in [6, 6.07) is 12.5. The molecule has 126 valence electrons. The van der Waals surface area contributed by atoms with Crippen LogP contribution >= 0.6 is 0 Å². The fraction of sp³-hybridized carbons (Fsp3) is 0.222. The number of halogens is 1. The molecule has 3 N–H and O–H groups in total. The molecule has 2 aromatic carbocycles. The Morgan fingerprint density at radius 3 is 2.46 bits per heavy atom. The molecule has 6 heteroatoms. The van der Waals surface area contributed by atoms with Gasteiger partial charge in [-0.1, -0.05) is 6.07 Å². The highest BCUT2D eigenvalue weighted by Gasteiger charge is 2.10. The molecule has 0 aliphatic heterocycles. The fourth-order valence-electron chi connectivity index (χ4n) is 2.25. The van der Waals surface area contributed by atoms with Crippen molar-refractivity contribution in [1.82, 2.24) is 5.32 Å². The number of carbonyl (C=O) groups is 2. The van der Waals surface area contributed by atoms with Crippen molar-refractivity contribution in [3.63, 3.8) is 0 Å². The van der Waals surface area contributed by atoms with E-state index < -0.39 is 0 Å². The smallest absolute Gasteiger partial charge is 0.251 e. The van der Waals surface area contributed by atoms with Gasteiger partial charge in [0.05, 0.1) is 0 Å². The number of carbonyl (C=O) groups excluding carboxylic acids is 2. The summed E-state index contributed by atoms with van der Waals surface area (Å²) in [7, 11) is 1.57. The maximum Gasteiger partial charge on any atom is 0.251 e. The summed E-state index contributed by atoms with van der Waals surface area (Å²) in [4.78, 5) is 23.6. The van der Waals surface area contributed by atoms with Gasteiger partial charge in [0, 0.05) is 36.4 Å². The lowest BCUT2D eigenvalue weighted by Gasteiger charge is -2.15. The summed E-state index contributed by atoms with van der Waals surface area (Å²) >= 11 is 0. The number of hydrogen-bond acceptors (Lipinski definition) is 3. The van der Waals surface area contributed by atoms with E-state index in [4.69, 9.17) is 0 Å². The molecule has 0 bridgehead atoms. The predicted octanol–water partition coefficient (Wildman–Crippen LogP) is 3.01. The van der Waals surface area contributed by atoms with Crippen LogP contribution in [0.5, 0.6) is 0 Å². The van der Waals surface area contributed by atoms with Crippen LogP contribution in [-0.2, 0) is 4.79 Å². The van der Waals surface area contributed by atoms with E-state index >= 15 is 0 Å². The van der Waals surface area contributed by atoms with Crippen LogP contribution in [-0.4, -0.2) is 24.9 Å². The van der Waals surface area contributed by atoms with Gasteiger partial charge in [-0.3, -0.25) is 9.59 Å². The first-order valence-electron chi connectivity index (χ1n) is 7.62. The standard InChI is InChI=1S/C18H20FN3O2/c1-12(10-17(23)22-15-8-6-14(19)7-9-15)21-16-5-3-4-13(11-16)18(24)20-2/h3-9,11-12,21H,10H2,1-2H3,(H,20,24)(H,22,23)/t12-/m1/s1. The van der Waals surface area contributed by atoms with Crippen molar-refractivity contribution in [3.8, 4) is 0 Å². The monoisotopic (exact) mass is 329 g/mol. The second kappa shape index (κ2) is 8.10. The largest absolute Gasteiger partial charge is 0.382 e. The molecule has 0 unspecified atom stereocenters. The molecule has 0 saturated heterocycles. The summed E-state index contributed by atoms with van der Waals surface area (Å²) in [6.07, 6.45) is 0.238. The average molecular weight is 329 g/mol. The molecule has 0 fully saturated rings. The van der Waals surface area contributed by atoms with Crippen LogP contribution < -0.4 is 16.0 Å². The molecular formula is C18H20FN3O2. The van der Waals surface area contributed by atoms with E-state index in [1.165, 1.54) is 24.3 Å². The molecule has 1 atom stereocenters. The van der Waals surface area contributed by atoms with Crippen LogP contribution in [0.15, 0.2) is 48.5 Å². The lowest BCUT2D eigenvalue weighted by Crippen LogP contribution is -2.24. The van der Waals surface area contributed by atoms with Crippen LogP contribution in [0, 0.1) is 5.82 Å². The predicted molar refractivity (Wildman–Crippen MR) is 92.6 cm³/mol. The van der Waals surface area contributed by atoms with E-state index in [9.17, 15) is 14.0 Å². The number of hydrogen-bond donors (Lipinski definition) is 3. The van der Waals surface area contributed by atoms with Crippen molar-refractivity contribution in [2.75, 3.05) is 17.7 Å². The Labute approximate surface area is 140 Å². The van der Waals surface area contributed by atoms with Gasteiger partial charge in [0.1, 0.15) is 5.82 Å². The van der Waals surface area contributed by atoms with Gasteiger partial charge < -0.3 is 16.0 Å². The zero-order valence-corrected chi connectivity index (χ0v) is 13.6. The maximum atomic E-state index is 12.8. The number of benzene rings is 2. The van der Waals surface area contributed by atoms with E-state index in [1.54, 1.807) is 25.2 Å². The first-order chi connectivity index (χ1) is 11.5. The second-order valence-corrected chi connectivity index (χ2v) is 5.46. The van der Waals surface area contributed by atoms with Crippen LogP contribution in [0.1, 0.15) is 23.7 Å². The SMILES string of the molecule is CNC(=O)c1cccc(N[C@H](C)CC(=O)Nc2ccc(F)cc2)c1. The Hall–Kier alpha value is -2.89. The third-order valence-electron chi connectivity index (χ3n) is 3.38. The highest BCUT2D eigenvalue weighted by atomic mass is 19.1. The summed E-state index contributed by atoms with van der Waals surface area (Å²) < 4.78 is 12.8. The van der Waals surface area contributed by atoms with Crippen LogP contribution in [0.4, 0.5) is 15.8 Å². The molecule has 0 saturated carbocycles. The molecule has 24 heavy (non-hydrogen) atoms. The molecule has 0 radical (unpaired) electrons. The summed E-state index contributed by atoms with van der Waals surface area (Å²) in [5.74, 6) is -0.691. The third kappa shape index (κ3) is 5.08. The fourth-order valence-corrected chi connectivity index (χ4v) is 2.25. The molecular weight excluding hydrogens is 309 g/mol. The van der Waals surface area contributed by atoms with Crippen LogP contribution in [0.2, 0.25) is 0 Å². The topological polar surface area (TPSA) is 70.2 Å². The maximum absolute atomic E-state index is 12.8. The number of anilines is 2. The van der Waals surface area contributed by atoms with Gasteiger partial charge in [-0.2, -0.15) is 0 Å². The van der Waals surface area contributed by atoms with Gasteiger partial charge in [0.25, 0.3) is 5.91 Å². The van der Waals surface area contributed by atoms with Crippen molar-refractivity contribution >= 4 is 23.2 Å². The molecule has 0 aliphatic carbocycles. The van der Waals surface area contributed by atoms with Gasteiger partial charge in [0.15, 0.2) is 0 Å². The van der Waals surface area contributed by atoms with Gasteiger partial charge >= 0.3 is 0 Å². The first-order valence-corrected chi connectivity index (χ1v) is 7.62. The van der Waals surface area contributed by atoms with Crippen molar-refractivity contribution < 1.29 is 14.0 Å². The Kier molecular flexibility index (Phi) is 5.89. The molecule has 0 spiro atoms. The summed E-state index contributed by atoms with van der Waals surface area (Å²) in [6.45, 7) is 1.87. The Morgan fingerprint density at radius 2 is 1.79 bits per heavy atom. The molecule has 2 amide bonds. The van der Waals surface area contributed by atoms with E-state index in [-0.39, 0.29) is 30.1 Å². The normalized spacial score (nSPS) is 11.5. The third-order valence-corrected chi connectivity index (χ3v) is 3.38. The van der Waals surface area contributed by atoms with E-state index in [0.29, 0.717) is 11.3 Å². The van der Waals surface area contributed by atoms with Gasteiger partial charge in [-0.15, -0.1) is 0 Å². The average Bonchev–Trinajstić information content (AvgIpc) is 2.56. The van der Waals surface area contributed by atoms with E-state index in [2.05, 4.69) is 16.0 Å². The van der Waals surface area contributed by atoms with E-state index in [0.717, 1.165) is 5.69 Å². The Balaban J connectivity index is 1.90. The molecule has 5 nitrogen and oxygen atoms in total. The van der Waals surface area contributed by atoms with Gasteiger partial charge in [0.2, 0.25) is 5.91 Å². The Morgan fingerprint density at radius 1 is 1.08 bits per heavy atom. The number of amides is 2. The highest BCUT2D eigenvalue weighted by Crippen LogP contribution is 2.14. The van der Waals surface area contributed by atoms with E-state index in [1.807, 2.05) is 13.0 Å². The van der Waals surface area contributed by atoms with Crippen molar-refractivity contribution in [2.45, 2.75) is 19.4 Å². The molecule has 2 rings (SSSR count). The zero-order valence-electron chi connectivity index (χ0n) is 13.6. The van der Waals surface area contributed by atoms with Gasteiger partial charge in [-0.25, -0.2) is 4.39 Å². The second-order valence-electron chi connectivity index (χ2n) is 5.46. The molecule has 0 heterocycles. The first kappa shape index (κ1) is 17.5. The van der Waals surface area contributed by atoms with Crippen molar-refractivity contribution in [3.05, 3.63) is 59.9 Å². The lowest BCUT2D eigenvalue weighted by atomic mass is 10.1. The van der Waals surface area contributed by atoms with Crippen LogP contribution in [0.25, 0.3) is 0 Å². The van der Waals surface area contributed by atoms with Crippen molar-refractivity contribution in [2.24, 2.45) is 0 Å². The summed E-state index contributed by atoms with van der Waals surface area (Å²) in [5, 5.41) is 8.47. The van der Waals surface area contributed by atoms with Gasteiger partial charge in [-0.05, 0) is 49.4 Å². The number of nitrogens with one attached hydrogen (secondary N) is 3. The minimum Gasteiger partial charge on any atom is -0.382 e. The number of rotatable bonds is 6. The van der Waals surface area contributed by atoms with Crippen molar-refractivity contribution in [1.29, 1.82) is 0 Å². The minimum absolute atomic E-state index is 0.134. The van der Waals surface area contributed by atoms with Crippen LogP contribution in [0.3, 0.4) is 0 Å². The minimum atomic E-state index is -0.348. The summed E-state index contributed by atoms with van der Waals surface area (Å²) in [5.41, 5.74) is 1.86. The quantitative estimate of drug-likeness (QED) is 0.763. The molecule has 2 aromatic rings. The lowest BCUT2D eigenvalue weighted by molar-refractivity contribution is -0.116. The zero-order chi connectivity index (χ0) is 17.5.